The molecule has 13 heavy (non-hydrogen) atoms. The summed E-state index contributed by atoms with van der Waals surface area (Å²) in [5.74, 6) is -1.14. The first-order valence-electron chi connectivity index (χ1n) is 4.13. The van der Waals surface area contributed by atoms with Crippen molar-refractivity contribution in [1.29, 1.82) is 0 Å². The molecule has 3 heteroatoms. The monoisotopic (exact) mass is 242 g/mol. The molecule has 0 aliphatic rings. The molecule has 1 rings (SSSR count). The number of benzene rings is 1. The van der Waals surface area contributed by atoms with Gasteiger partial charge < -0.3 is 5.11 Å². The van der Waals surface area contributed by atoms with Gasteiger partial charge in [-0.25, -0.2) is 0 Å². The lowest BCUT2D eigenvalue weighted by molar-refractivity contribution is -0.138. The Balaban J connectivity index is 2.92. The molecule has 0 aromatic heterocycles. The molecule has 1 aromatic carbocycles. The highest BCUT2D eigenvalue weighted by Gasteiger charge is 2.16. The van der Waals surface area contributed by atoms with Crippen molar-refractivity contribution in [2.75, 3.05) is 0 Å². The van der Waals surface area contributed by atoms with Crippen LogP contribution in [0.15, 0.2) is 28.7 Å². The molecule has 0 aliphatic heterocycles. The number of halogens is 1. The summed E-state index contributed by atoms with van der Waals surface area (Å²) in [6, 6.07) is 7.40. The second-order valence-corrected chi connectivity index (χ2v) is 3.77. The van der Waals surface area contributed by atoms with E-state index >= 15 is 0 Å². The van der Waals surface area contributed by atoms with Gasteiger partial charge in [0.2, 0.25) is 0 Å². The highest BCUT2D eigenvalue weighted by molar-refractivity contribution is 9.10. The number of carbonyl (C=O) groups is 1. The number of hydrogen-bond donors (Lipinski definition) is 1. The van der Waals surface area contributed by atoms with Gasteiger partial charge in [-0.3, -0.25) is 4.79 Å². The minimum Gasteiger partial charge on any atom is -0.481 e. The molecule has 2 nitrogen and oxygen atoms in total. The van der Waals surface area contributed by atoms with E-state index in [0.29, 0.717) is 6.42 Å². The zero-order valence-corrected chi connectivity index (χ0v) is 8.91. The fourth-order valence-electron chi connectivity index (χ4n) is 1.25. The lowest BCUT2D eigenvalue weighted by atomic mass is 9.97. The quantitative estimate of drug-likeness (QED) is 0.885. The van der Waals surface area contributed by atoms with Crippen LogP contribution in [0, 0.1) is 0 Å². The molecule has 0 amide bonds. The number of hydrogen-bond acceptors (Lipinski definition) is 1. The lowest BCUT2D eigenvalue weighted by Crippen LogP contribution is -2.09. The molecule has 1 atom stereocenters. The van der Waals surface area contributed by atoms with Gasteiger partial charge in [-0.15, -0.1) is 0 Å². The Hall–Kier alpha value is -0.830. The van der Waals surface area contributed by atoms with Crippen LogP contribution in [0.5, 0.6) is 0 Å². The van der Waals surface area contributed by atoms with Crippen molar-refractivity contribution in [3.63, 3.8) is 0 Å². The molecule has 0 heterocycles. The van der Waals surface area contributed by atoms with Gasteiger partial charge >= 0.3 is 5.97 Å². The highest BCUT2D eigenvalue weighted by Crippen LogP contribution is 2.21. The molecule has 0 bridgehead atoms. The van der Waals surface area contributed by atoms with E-state index in [9.17, 15) is 4.79 Å². The molecule has 0 spiro atoms. The van der Waals surface area contributed by atoms with Gasteiger partial charge in [-0.2, -0.15) is 0 Å². The van der Waals surface area contributed by atoms with Crippen LogP contribution in [0.4, 0.5) is 0 Å². The summed E-state index contributed by atoms with van der Waals surface area (Å²) in [4.78, 5) is 10.8. The fraction of sp³-hybridized carbons (Fsp3) is 0.300. The van der Waals surface area contributed by atoms with Crippen LogP contribution in [0.25, 0.3) is 0 Å². The maximum atomic E-state index is 10.8. The van der Waals surface area contributed by atoms with E-state index in [-0.39, 0.29) is 5.92 Å². The Morgan fingerprint density at radius 3 is 2.38 bits per heavy atom. The largest absolute Gasteiger partial charge is 0.481 e. The van der Waals surface area contributed by atoms with Crippen molar-refractivity contribution in [3.8, 4) is 0 Å². The number of carboxylic acid groups (broad SMARTS) is 1. The second kappa shape index (κ2) is 4.42. The van der Waals surface area contributed by atoms with Crippen molar-refractivity contribution < 1.29 is 9.90 Å². The van der Waals surface area contributed by atoms with Crippen LogP contribution in [0.3, 0.4) is 0 Å². The van der Waals surface area contributed by atoms with Gasteiger partial charge in [-0.05, 0) is 24.1 Å². The van der Waals surface area contributed by atoms with Gasteiger partial charge in [0.15, 0.2) is 0 Å². The highest BCUT2D eigenvalue weighted by atomic mass is 79.9. The third-order valence-corrected chi connectivity index (χ3v) is 2.51. The normalized spacial score (nSPS) is 12.5. The second-order valence-electron chi connectivity index (χ2n) is 2.85. The third kappa shape index (κ3) is 2.56. The number of carboxylic acids is 1. The molecule has 1 unspecified atom stereocenters. The van der Waals surface area contributed by atoms with Crippen molar-refractivity contribution >= 4 is 21.9 Å². The molecular formula is C10H11BrO2. The Labute approximate surface area is 85.7 Å². The summed E-state index contributed by atoms with van der Waals surface area (Å²) < 4.78 is 0.969. The molecule has 70 valence electrons. The average Bonchev–Trinajstić information content (AvgIpc) is 2.09. The summed E-state index contributed by atoms with van der Waals surface area (Å²) in [5, 5.41) is 8.88. The summed E-state index contributed by atoms with van der Waals surface area (Å²) in [7, 11) is 0. The van der Waals surface area contributed by atoms with Gasteiger partial charge in [0.05, 0.1) is 5.92 Å². The molecule has 0 fully saturated rings. The Kier molecular flexibility index (Phi) is 3.48. The fourth-order valence-corrected chi connectivity index (χ4v) is 1.51. The molecule has 0 aliphatic carbocycles. The molecule has 0 saturated heterocycles. The van der Waals surface area contributed by atoms with Crippen LogP contribution in [-0.2, 0) is 4.79 Å². The molecule has 0 saturated carbocycles. The summed E-state index contributed by atoms with van der Waals surface area (Å²) in [5.41, 5.74) is 0.859. The van der Waals surface area contributed by atoms with E-state index < -0.39 is 5.97 Å². The van der Waals surface area contributed by atoms with E-state index in [0.717, 1.165) is 10.0 Å². The minimum atomic E-state index is -0.759. The zero-order valence-electron chi connectivity index (χ0n) is 7.33. The van der Waals surface area contributed by atoms with Gasteiger partial charge in [0, 0.05) is 4.47 Å². The molecular weight excluding hydrogens is 232 g/mol. The van der Waals surface area contributed by atoms with Crippen LogP contribution >= 0.6 is 15.9 Å². The van der Waals surface area contributed by atoms with Crippen LogP contribution < -0.4 is 0 Å². The number of rotatable bonds is 3. The van der Waals surface area contributed by atoms with Crippen molar-refractivity contribution in [2.24, 2.45) is 0 Å². The predicted molar refractivity (Wildman–Crippen MR) is 54.8 cm³/mol. The first-order valence-corrected chi connectivity index (χ1v) is 4.92. The third-order valence-electron chi connectivity index (χ3n) is 1.98. The summed E-state index contributed by atoms with van der Waals surface area (Å²) in [6.07, 6.45) is 0.622. The predicted octanol–water partition coefficient (Wildman–Crippen LogP) is 3.03. The van der Waals surface area contributed by atoms with Crippen molar-refractivity contribution in [2.45, 2.75) is 19.3 Å². The maximum absolute atomic E-state index is 10.8. The molecule has 0 radical (unpaired) electrons. The Morgan fingerprint density at radius 2 is 2.00 bits per heavy atom. The Morgan fingerprint density at radius 1 is 1.46 bits per heavy atom. The SMILES string of the molecule is CCC(C(=O)O)c1ccc(Br)cc1. The molecule has 1 N–H and O–H groups in total. The zero-order chi connectivity index (χ0) is 9.84. The average molecular weight is 243 g/mol. The van der Waals surface area contributed by atoms with Crippen LogP contribution in [-0.4, -0.2) is 11.1 Å². The lowest BCUT2D eigenvalue weighted by Gasteiger charge is -2.09. The minimum absolute atomic E-state index is 0.381. The molecule has 1 aromatic rings. The Bertz CT molecular complexity index is 292. The van der Waals surface area contributed by atoms with Gasteiger partial charge in [0.25, 0.3) is 0 Å². The van der Waals surface area contributed by atoms with Gasteiger partial charge in [0.1, 0.15) is 0 Å². The smallest absolute Gasteiger partial charge is 0.310 e. The first kappa shape index (κ1) is 10.3. The first-order chi connectivity index (χ1) is 6.15. The van der Waals surface area contributed by atoms with E-state index in [1.807, 2.05) is 31.2 Å². The maximum Gasteiger partial charge on any atom is 0.310 e. The van der Waals surface area contributed by atoms with E-state index in [1.165, 1.54) is 0 Å². The van der Waals surface area contributed by atoms with Crippen molar-refractivity contribution in [3.05, 3.63) is 34.3 Å². The van der Waals surface area contributed by atoms with E-state index in [1.54, 1.807) is 0 Å². The van der Waals surface area contributed by atoms with E-state index in [4.69, 9.17) is 5.11 Å². The topological polar surface area (TPSA) is 37.3 Å². The standard InChI is InChI=1S/C10H11BrO2/c1-2-9(10(12)13)7-3-5-8(11)6-4-7/h3-6,9H,2H2,1H3,(H,12,13). The van der Waals surface area contributed by atoms with Crippen molar-refractivity contribution in [1.82, 2.24) is 0 Å². The van der Waals surface area contributed by atoms with E-state index in [2.05, 4.69) is 15.9 Å². The summed E-state index contributed by atoms with van der Waals surface area (Å²) >= 11 is 3.31. The summed E-state index contributed by atoms with van der Waals surface area (Å²) in [6.45, 7) is 1.88. The number of aliphatic carboxylic acids is 1. The van der Waals surface area contributed by atoms with Crippen LogP contribution in [0.2, 0.25) is 0 Å². The van der Waals surface area contributed by atoms with Gasteiger partial charge in [-0.1, -0.05) is 35.0 Å². The van der Waals surface area contributed by atoms with Crippen LogP contribution in [0.1, 0.15) is 24.8 Å².